The molecule has 0 aliphatic heterocycles. The molecule has 0 amide bonds. The number of unbranched alkanes of at least 4 members (excludes halogenated alkanes) is 8. The molecule has 0 aliphatic rings. The molecule has 0 unspecified atom stereocenters. The molecule has 1 aromatic carbocycles. The van der Waals surface area contributed by atoms with Gasteiger partial charge in [0.15, 0.2) is 0 Å². The van der Waals surface area contributed by atoms with E-state index in [4.69, 9.17) is 0 Å². The van der Waals surface area contributed by atoms with Crippen molar-refractivity contribution < 1.29 is 0 Å². The molecule has 0 atom stereocenters. The highest BCUT2D eigenvalue weighted by atomic mass is 28.2. The van der Waals surface area contributed by atoms with Crippen LogP contribution in [0.2, 0.25) is 12.1 Å². The summed E-state index contributed by atoms with van der Waals surface area (Å²) < 4.78 is 0. The second-order valence-electron chi connectivity index (χ2n) is 6.48. The van der Waals surface area contributed by atoms with Crippen molar-refractivity contribution in [2.24, 2.45) is 0 Å². The molecule has 0 spiro atoms. The zero-order valence-electron chi connectivity index (χ0n) is 14.3. The Hall–Kier alpha value is -0.563. The lowest BCUT2D eigenvalue weighted by molar-refractivity contribution is 0.623. The summed E-state index contributed by atoms with van der Waals surface area (Å²) in [5.41, 5.74) is 1.51. The van der Waals surface area contributed by atoms with Gasteiger partial charge in [-0.2, -0.15) is 0 Å². The fourth-order valence-corrected chi connectivity index (χ4v) is 4.76. The molecule has 1 aromatic rings. The van der Waals surface area contributed by atoms with Crippen LogP contribution in [0, 0.1) is 0 Å². The highest BCUT2D eigenvalue weighted by Crippen LogP contribution is 2.11. The lowest BCUT2D eigenvalue weighted by Gasteiger charge is -2.03. The van der Waals surface area contributed by atoms with E-state index in [1.807, 2.05) is 0 Å². The first kappa shape index (κ1) is 18.5. The van der Waals surface area contributed by atoms with Crippen LogP contribution in [0.3, 0.4) is 0 Å². The summed E-state index contributed by atoms with van der Waals surface area (Å²) in [6, 6.07) is 14.1. The van der Waals surface area contributed by atoms with E-state index in [1.165, 1.54) is 76.2 Å². The third-order valence-electron chi connectivity index (χ3n) is 4.41. The highest BCUT2D eigenvalue weighted by Gasteiger charge is 1.95. The molecule has 0 aromatic heterocycles. The van der Waals surface area contributed by atoms with Gasteiger partial charge in [0.25, 0.3) is 0 Å². The molecule has 0 nitrogen and oxygen atoms in total. The monoisotopic (exact) mass is 304 g/mol. The fourth-order valence-electron chi connectivity index (χ4n) is 2.99. The van der Waals surface area contributed by atoms with E-state index in [0.29, 0.717) is 0 Å². The first-order valence-corrected chi connectivity index (χ1v) is 11.5. The summed E-state index contributed by atoms with van der Waals surface area (Å²) in [5.74, 6) is 0. The molecule has 0 bridgehead atoms. The van der Waals surface area contributed by atoms with Gasteiger partial charge in [0.05, 0.1) is 0 Å². The molecule has 0 N–H and O–H groups in total. The Balaban J connectivity index is 1.75. The maximum atomic E-state index is 2.30. The van der Waals surface area contributed by atoms with Crippen LogP contribution in [0.1, 0.15) is 76.7 Å². The molecule has 0 fully saturated rings. The molecule has 1 heteroatoms. The van der Waals surface area contributed by atoms with Gasteiger partial charge in [-0.1, -0.05) is 107 Å². The lowest BCUT2D eigenvalue weighted by atomic mass is 10.1. The van der Waals surface area contributed by atoms with Crippen LogP contribution in [0.4, 0.5) is 0 Å². The minimum Gasteiger partial charge on any atom is -0.0654 e. The Morgan fingerprint density at radius 3 is 1.90 bits per heavy atom. The van der Waals surface area contributed by atoms with Crippen LogP contribution in [-0.2, 0) is 6.42 Å². The maximum Gasteiger partial charge on any atom is 0.0197 e. The third kappa shape index (κ3) is 11.7. The maximum absolute atomic E-state index is 2.30. The van der Waals surface area contributed by atoms with Gasteiger partial charge >= 0.3 is 0 Å². The highest BCUT2D eigenvalue weighted by molar-refractivity contribution is 6.35. The topological polar surface area (TPSA) is 0 Å². The smallest absolute Gasteiger partial charge is 0.0197 e. The van der Waals surface area contributed by atoms with Crippen molar-refractivity contribution in [1.29, 1.82) is 0 Å². The predicted octanol–water partition coefficient (Wildman–Crippen LogP) is 6.16. The number of rotatable bonds is 14. The molecule has 0 saturated heterocycles. The van der Waals surface area contributed by atoms with E-state index in [1.54, 1.807) is 12.1 Å². The van der Waals surface area contributed by atoms with Gasteiger partial charge in [-0.15, -0.1) is 0 Å². The largest absolute Gasteiger partial charge is 0.0654 e. The summed E-state index contributed by atoms with van der Waals surface area (Å²) in [6.45, 7) is 2.30. The summed E-state index contributed by atoms with van der Waals surface area (Å²) in [5, 5.41) is 0. The van der Waals surface area contributed by atoms with Gasteiger partial charge in [-0.25, -0.2) is 0 Å². The van der Waals surface area contributed by atoms with Crippen molar-refractivity contribution in [2.75, 3.05) is 0 Å². The standard InChI is InChI=1S/C20H36Si/c1-2-3-4-5-7-13-18-21-19-14-8-6-10-15-20-16-11-9-12-17-20/h9,11-12,16-17H,2-8,10,13-15,18-19,21H2,1H3. The SMILES string of the molecule is CCCCCCCC[SiH2]CCCCCCc1ccccc1. The molecule has 0 saturated carbocycles. The number of hydrogen-bond acceptors (Lipinski definition) is 0. The third-order valence-corrected chi connectivity index (χ3v) is 6.41. The normalized spacial score (nSPS) is 11.5. The van der Waals surface area contributed by atoms with Crippen molar-refractivity contribution >= 4 is 9.52 Å². The summed E-state index contributed by atoms with van der Waals surface area (Å²) in [6.07, 6.45) is 15.9. The number of aryl methyl sites for hydroxylation is 1. The summed E-state index contributed by atoms with van der Waals surface area (Å²) in [4.78, 5) is 0. The van der Waals surface area contributed by atoms with Crippen LogP contribution >= 0.6 is 0 Å². The zero-order valence-corrected chi connectivity index (χ0v) is 15.7. The summed E-state index contributed by atoms with van der Waals surface area (Å²) in [7, 11) is 0.287. The predicted molar refractivity (Wildman–Crippen MR) is 100 cm³/mol. The van der Waals surface area contributed by atoms with Gasteiger partial charge in [0, 0.05) is 9.52 Å². The minimum absolute atomic E-state index is 0.287. The molecule has 120 valence electrons. The second kappa shape index (κ2) is 14.4. The summed E-state index contributed by atoms with van der Waals surface area (Å²) >= 11 is 0. The number of hydrogen-bond donors (Lipinski definition) is 0. The van der Waals surface area contributed by atoms with Gasteiger partial charge < -0.3 is 0 Å². The molecule has 0 heterocycles. The molecule has 0 radical (unpaired) electrons. The quantitative estimate of drug-likeness (QED) is 0.285. The van der Waals surface area contributed by atoms with Crippen molar-refractivity contribution in [3.05, 3.63) is 35.9 Å². The number of benzene rings is 1. The van der Waals surface area contributed by atoms with E-state index in [0.717, 1.165) is 0 Å². The van der Waals surface area contributed by atoms with Crippen LogP contribution in [-0.4, -0.2) is 9.52 Å². The van der Waals surface area contributed by atoms with Crippen LogP contribution < -0.4 is 0 Å². The van der Waals surface area contributed by atoms with Crippen molar-refractivity contribution in [1.82, 2.24) is 0 Å². The van der Waals surface area contributed by atoms with Crippen molar-refractivity contribution in [3.63, 3.8) is 0 Å². The Morgan fingerprint density at radius 2 is 1.24 bits per heavy atom. The van der Waals surface area contributed by atoms with Crippen molar-refractivity contribution in [2.45, 2.75) is 89.6 Å². The first-order chi connectivity index (χ1) is 10.4. The molecule has 1 rings (SSSR count). The molecular formula is C20H36Si. The average Bonchev–Trinajstić information content (AvgIpc) is 2.53. The van der Waals surface area contributed by atoms with Crippen LogP contribution in [0.15, 0.2) is 30.3 Å². The van der Waals surface area contributed by atoms with E-state index in [9.17, 15) is 0 Å². The Bertz CT molecular complexity index is 307. The minimum atomic E-state index is 0.287. The molecule has 21 heavy (non-hydrogen) atoms. The lowest BCUT2D eigenvalue weighted by Crippen LogP contribution is -1.91. The van der Waals surface area contributed by atoms with Crippen LogP contribution in [0.25, 0.3) is 0 Å². The van der Waals surface area contributed by atoms with E-state index < -0.39 is 0 Å². The van der Waals surface area contributed by atoms with Gasteiger partial charge in [0.2, 0.25) is 0 Å². The van der Waals surface area contributed by atoms with Gasteiger partial charge in [-0.3, -0.25) is 0 Å². The van der Waals surface area contributed by atoms with E-state index in [-0.39, 0.29) is 9.52 Å². The average molecular weight is 305 g/mol. The first-order valence-electron chi connectivity index (χ1n) is 9.47. The van der Waals surface area contributed by atoms with E-state index in [2.05, 4.69) is 37.3 Å². The Labute approximate surface area is 135 Å². The fraction of sp³-hybridized carbons (Fsp3) is 0.700. The molecule has 0 aliphatic carbocycles. The van der Waals surface area contributed by atoms with Crippen LogP contribution in [0.5, 0.6) is 0 Å². The zero-order chi connectivity index (χ0) is 15.0. The second-order valence-corrected chi connectivity index (χ2v) is 8.60. The van der Waals surface area contributed by atoms with Crippen molar-refractivity contribution in [3.8, 4) is 0 Å². The van der Waals surface area contributed by atoms with E-state index >= 15 is 0 Å². The molecular weight excluding hydrogens is 268 g/mol. The Morgan fingerprint density at radius 1 is 0.667 bits per heavy atom. The Kier molecular flexibility index (Phi) is 12.7. The van der Waals surface area contributed by atoms with Gasteiger partial charge in [-0.05, 0) is 18.4 Å². The van der Waals surface area contributed by atoms with Gasteiger partial charge in [0.1, 0.15) is 0 Å².